The van der Waals surface area contributed by atoms with Gasteiger partial charge in [-0.1, -0.05) is 0 Å². The lowest BCUT2D eigenvalue weighted by Crippen LogP contribution is -2.43. The molecule has 0 spiro atoms. The van der Waals surface area contributed by atoms with Crippen LogP contribution in [-0.4, -0.2) is 54.3 Å². The molecule has 1 unspecified atom stereocenters. The van der Waals surface area contributed by atoms with Gasteiger partial charge in [0.1, 0.15) is 34.7 Å². The van der Waals surface area contributed by atoms with Crippen LogP contribution in [0.3, 0.4) is 0 Å². The number of halogens is 1. The highest BCUT2D eigenvalue weighted by molar-refractivity contribution is 7.89. The first kappa shape index (κ1) is 17.4. The summed E-state index contributed by atoms with van der Waals surface area (Å²) in [5.74, 6) is 0.360. The molecule has 10 heteroatoms. The number of hydrogen-bond donors (Lipinski definition) is 1. The van der Waals surface area contributed by atoms with E-state index in [1.54, 1.807) is 0 Å². The molecule has 2 heterocycles. The third-order valence-corrected chi connectivity index (χ3v) is 6.42. The smallest absolute Gasteiger partial charge is 0.247 e. The highest BCUT2D eigenvalue weighted by atomic mass is 32.2. The van der Waals surface area contributed by atoms with E-state index in [1.807, 2.05) is 0 Å². The Morgan fingerprint density at radius 1 is 1.38 bits per heavy atom. The summed E-state index contributed by atoms with van der Waals surface area (Å²) in [7, 11) is -4.02. The molecule has 140 valence electrons. The molecule has 0 amide bonds. The summed E-state index contributed by atoms with van der Waals surface area (Å²) in [4.78, 5) is 3.87. The van der Waals surface area contributed by atoms with Gasteiger partial charge in [0.2, 0.25) is 10.0 Å². The number of hydrogen-bond acceptors (Lipinski definition) is 6. The molecule has 1 aromatic carbocycles. The van der Waals surface area contributed by atoms with Crippen molar-refractivity contribution in [2.24, 2.45) is 5.92 Å². The number of benzene rings is 1. The Balaban J connectivity index is 1.69. The van der Waals surface area contributed by atoms with Crippen molar-refractivity contribution in [3.05, 3.63) is 36.2 Å². The third-order valence-electron chi connectivity index (χ3n) is 4.49. The quantitative estimate of drug-likeness (QED) is 0.813. The molecular formula is C16H19FN4O4S. The molecule has 1 aliphatic carbocycles. The summed E-state index contributed by atoms with van der Waals surface area (Å²) in [6, 6.07) is 2.92. The van der Waals surface area contributed by atoms with Gasteiger partial charge in [0.25, 0.3) is 0 Å². The first-order chi connectivity index (χ1) is 12.6. The van der Waals surface area contributed by atoms with E-state index in [0.717, 1.165) is 18.9 Å². The van der Waals surface area contributed by atoms with Gasteiger partial charge >= 0.3 is 0 Å². The molecule has 1 saturated heterocycles. The largest absolute Gasteiger partial charge is 0.492 e. The molecule has 4 rings (SSSR count). The molecule has 1 N–H and O–H groups in total. The lowest BCUT2D eigenvalue weighted by molar-refractivity contribution is 0.0290. The number of nitrogens with zero attached hydrogens (tertiary/aromatic N) is 3. The van der Waals surface area contributed by atoms with Crippen LogP contribution in [-0.2, 0) is 14.8 Å². The zero-order chi connectivity index (χ0) is 18.1. The molecule has 1 saturated carbocycles. The van der Waals surface area contributed by atoms with E-state index in [1.165, 1.54) is 22.8 Å². The number of ether oxygens (including phenoxy) is 2. The lowest BCUT2D eigenvalue weighted by Gasteiger charge is -2.33. The molecule has 8 nitrogen and oxygen atoms in total. The fourth-order valence-corrected chi connectivity index (χ4v) is 4.59. The van der Waals surface area contributed by atoms with Crippen LogP contribution < -0.4 is 4.74 Å². The van der Waals surface area contributed by atoms with Crippen molar-refractivity contribution in [3.63, 3.8) is 0 Å². The predicted octanol–water partition coefficient (Wildman–Crippen LogP) is 1.49. The standard InChI is InChI=1S/C16H19FN4O4S/c17-12-3-4-14(25-8-11-1-2-11)15(7-12)26(22,23)21-5-6-24-9-13(21)16-18-10-19-20-16/h3-4,7,10-11,13H,1-2,5-6,8-9H2,(H,18,19,20). The van der Waals surface area contributed by atoms with E-state index in [9.17, 15) is 12.8 Å². The second-order valence-corrected chi connectivity index (χ2v) is 8.28. The Labute approximate surface area is 150 Å². The van der Waals surface area contributed by atoms with Gasteiger partial charge in [0.15, 0.2) is 0 Å². The third kappa shape index (κ3) is 3.44. The molecule has 0 bridgehead atoms. The monoisotopic (exact) mass is 382 g/mol. The molecule has 2 fully saturated rings. The molecular weight excluding hydrogens is 363 g/mol. The summed E-state index contributed by atoms with van der Waals surface area (Å²) in [5, 5.41) is 6.46. The first-order valence-corrected chi connectivity index (χ1v) is 9.87. The van der Waals surface area contributed by atoms with Crippen molar-refractivity contribution >= 4 is 10.0 Å². The average Bonchev–Trinajstić information content (AvgIpc) is 3.31. The van der Waals surface area contributed by atoms with Crippen molar-refractivity contribution in [1.82, 2.24) is 19.5 Å². The zero-order valence-corrected chi connectivity index (χ0v) is 14.8. The minimum Gasteiger partial charge on any atom is -0.492 e. The highest BCUT2D eigenvalue weighted by Crippen LogP contribution is 2.35. The number of morpholine rings is 1. The van der Waals surface area contributed by atoms with Crippen molar-refractivity contribution in [1.29, 1.82) is 0 Å². The van der Waals surface area contributed by atoms with Crippen molar-refractivity contribution in [2.45, 2.75) is 23.8 Å². The van der Waals surface area contributed by atoms with Gasteiger partial charge in [-0.3, -0.25) is 5.10 Å². The maximum absolute atomic E-state index is 13.8. The maximum atomic E-state index is 13.8. The van der Waals surface area contributed by atoms with Crippen LogP contribution in [0.1, 0.15) is 24.7 Å². The van der Waals surface area contributed by atoms with Crippen LogP contribution >= 0.6 is 0 Å². The zero-order valence-electron chi connectivity index (χ0n) is 14.0. The average molecular weight is 382 g/mol. The molecule has 1 aliphatic heterocycles. The molecule has 2 aromatic rings. The fraction of sp³-hybridized carbons (Fsp3) is 0.500. The molecule has 1 atom stereocenters. The normalized spacial score (nSPS) is 21.7. The van der Waals surface area contributed by atoms with Crippen molar-refractivity contribution in [3.8, 4) is 5.75 Å². The van der Waals surface area contributed by atoms with Gasteiger partial charge in [-0.05, 0) is 37.0 Å². The van der Waals surface area contributed by atoms with Crippen LogP contribution in [0.2, 0.25) is 0 Å². The van der Waals surface area contributed by atoms with E-state index >= 15 is 0 Å². The number of aromatic amines is 1. The van der Waals surface area contributed by atoms with Gasteiger partial charge in [-0.2, -0.15) is 9.40 Å². The summed E-state index contributed by atoms with van der Waals surface area (Å²) in [6.07, 6.45) is 3.45. The lowest BCUT2D eigenvalue weighted by atomic mass is 10.2. The number of H-pyrrole nitrogens is 1. The second kappa shape index (κ2) is 6.93. The van der Waals surface area contributed by atoms with Gasteiger partial charge in [0, 0.05) is 6.54 Å². The summed E-state index contributed by atoms with van der Waals surface area (Å²) in [5.41, 5.74) is 0. The number of aromatic nitrogens is 3. The Kier molecular flexibility index (Phi) is 4.63. The first-order valence-electron chi connectivity index (χ1n) is 8.43. The Morgan fingerprint density at radius 3 is 2.96 bits per heavy atom. The SMILES string of the molecule is O=S(=O)(c1cc(F)ccc1OCC1CC1)N1CCOCC1c1ncn[nH]1. The maximum Gasteiger partial charge on any atom is 0.247 e. The van der Waals surface area contributed by atoms with Gasteiger partial charge in [-0.25, -0.2) is 17.8 Å². The summed E-state index contributed by atoms with van der Waals surface area (Å²) >= 11 is 0. The number of sulfonamides is 1. The minimum atomic E-state index is -4.02. The number of nitrogens with one attached hydrogen (secondary N) is 1. The van der Waals surface area contributed by atoms with E-state index < -0.39 is 21.9 Å². The summed E-state index contributed by atoms with van der Waals surface area (Å²) in [6.45, 7) is 0.953. The summed E-state index contributed by atoms with van der Waals surface area (Å²) < 4.78 is 52.8. The predicted molar refractivity (Wildman–Crippen MR) is 88.5 cm³/mol. The molecule has 2 aliphatic rings. The topological polar surface area (TPSA) is 97.4 Å². The second-order valence-electron chi connectivity index (χ2n) is 6.42. The van der Waals surface area contributed by atoms with Crippen LogP contribution in [0.4, 0.5) is 4.39 Å². The van der Waals surface area contributed by atoms with Gasteiger partial charge in [0.05, 0.1) is 19.8 Å². The molecule has 0 radical (unpaired) electrons. The van der Waals surface area contributed by atoms with Crippen molar-refractivity contribution < 1.29 is 22.3 Å². The van der Waals surface area contributed by atoms with E-state index in [2.05, 4.69) is 15.2 Å². The van der Waals surface area contributed by atoms with Crippen molar-refractivity contribution in [2.75, 3.05) is 26.4 Å². The van der Waals surface area contributed by atoms with E-state index in [-0.39, 0.29) is 30.4 Å². The van der Waals surface area contributed by atoms with Crippen LogP contribution in [0.15, 0.2) is 29.4 Å². The van der Waals surface area contributed by atoms with Crippen LogP contribution in [0.25, 0.3) is 0 Å². The Bertz CT molecular complexity index is 870. The van der Waals surface area contributed by atoms with Crippen LogP contribution in [0.5, 0.6) is 5.75 Å². The van der Waals surface area contributed by atoms with Gasteiger partial charge in [-0.15, -0.1) is 0 Å². The fourth-order valence-electron chi connectivity index (χ4n) is 2.89. The minimum absolute atomic E-state index is 0.131. The Hall–Kier alpha value is -2.04. The molecule has 26 heavy (non-hydrogen) atoms. The highest BCUT2D eigenvalue weighted by Gasteiger charge is 2.38. The van der Waals surface area contributed by atoms with Crippen LogP contribution in [0, 0.1) is 11.7 Å². The van der Waals surface area contributed by atoms with E-state index in [0.29, 0.717) is 18.3 Å². The Morgan fingerprint density at radius 2 is 2.23 bits per heavy atom. The van der Waals surface area contributed by atoms with E-state index in [4.69, 9.17) is 9.47 Å². The molecule has 1 aromatic heterocycles. The number of rotatable bonds is 6. The van der Waals surface area contributed by atoms with Gasteiger partial charge < -0.3 is 9.47 Å².